The van der Waals surface area contributed by atoms with Crippen molar-refractivity contribution in [2.75, 3.05) is 6.54 Å². The molecule has 2 aromatic heterocycles. The van der Waals surface area contributed by atoms with Crippen LogP contribution < -0.4 is 5.73 Å². The fourth-order valence-electron chi connectivity index (χ4n) is 1.88. The van der Waals surface area contributed by atoms with Crippen molar-refractivity contribution < 1.29 is 0 Å². The summed E-state index contributed by atoms with van der Waals surface area (Å²) >= 11 is 0. The van der Waals surface area contributed by atoms with E-state index in [-0.39, 0.29) is 0 Å². The van der Waals surface area contributed by atoms with Crippen molar-refractivity contribution in [3.63, 3.8) is 0 Å². The summed E-state index contributed by atoms with van der Waals surface area (Å²) in [6.45, 7) is 4.79. The second-order valence-corrected chi connectivity index (χ2v) is 3.86. The lowest BCUT2D eigenvalue weighted by molar-refractivity contribution is 0.765. The minimum absolute atomic E-state index is 0.675. The number of rotatable bonds is 4. The van der Waals surface area contributed by atoms with Gasteiger partial charge in [0, 0.05) is 17.7 Å². The van der Waals surface area contributed by atoms with E-state index in [4.69, 9.17) is 5.73 Å². The monoisotopic (exact) mass is 219 g/mol. The van der Waals surface area contributed by atoms with Crippen LogP contribution >= 0.6 is 0 Å². The van der Waals surface area contributed by atoms with Crippen LogP contribution in [0.3, 0.4) is 0 Å². The van der Waals surface area contributed by atoms with Gasteiger partial charge in [-0.25, -0.2) is 4.98 Å². The third-order valence-electron chi connectivity index (χ3n) is 2.80. The zero-order valence-corrected chi connectivity index (χ0v) is 9.77. The summed E-state index contributed by atoms with van der Waals surface area (Å²) in [5.41, 5.74) is 8.64. The third-order valence-corrected chi connectivity index (χ3v) is 2.80. The number of aryl methyl sites for hydroxylation is 3. The number of nitrogens with zero attached hydrogens (tertiary/aromatic N) is 4. The Morgan fingerprint density at radius 1 is 1.38 bits per heavy atom. The van der Waals surface area contributed by atoms with Crippen molar-refractivity contribution >= 4 is 5.65 Å². The van der Waals surface area contributed by atoms with Gasteiger partial charge in [0.15, 0.2) is 5.65 Å². The molecule has 2 rings (SSSR count). The molecule has 0 atom stereocenters. The molecule has 86 valence electrons. The predicted octanol–water partition coefficient (Wildman–Crippen LogP) is 0.886. The highest BCUT2D eigenvalue weighted by atomic mass is 15.3. The first-order valence-corrected chi connectivity index (χ1v) is 5.66. The van der Waals surface area contributed by atoms with E-state index in [2.05, 4.69) is 22.1 Å². The van der Waals surface area contributed by atoms with Gasteiger partial charge in [0.2, 0.25) is 0 Å². The zero-order chi connectivity index (χ0) is 11.5. The van der Waals surface area contributed by atoms with Crippen LogP contribution in [0.5, 0.6) is 0 Å². The molecule has 2 N–H and O–H groups in total. The Kier molecular flexibility index (Phi) is 3.14. The van der Waals surface area contributed by atoms with Crippen LogP contribution in [-0.2, 0) is 12.8 Å². The Bertz CT molecular complexity index is 488. The Morgan fingerprint density at radius 2 is 2.19 bits per heavy atom. The molecule has 2 heterocycles. The van der Waals surface area contributed by atoms with Crippen molar-refractivity contribution in [3.8, 4) is 0 Å². The van der Waals surface area contributed by atoms with Crippen LogP contribution in [-0.4, -0.2) is 26.1 Å². The molecule has 5 nitrogen and oxygen atoms in total. The summed E-state index contributed by atoms with van der Waals surface area (Å²) in [7, 11) is 0. The summed E-state index contributed by atoms with van der Waals surface area (Å²) in [4.78, 5) is 4.37. The highest BCUT2D eigenvalue weighted by molar-refractivity contribution is 5.48. The third kappa shape index (κ3) is 1.78. The van der Waals surface area contributed by atoms with Gasteiger partial charge >= 0.3 is 0 Å². The molecule has 0 saturated carbocycles. The van der Waals surface area contributed by atoms with E-state index in [1.165, 1.54) is 5.56 Å². The van der Waals surface area contributed by atoms with Crippen molar-refractivity contribution in [2.24, 2.45) is 5.73 Å². The topological polar surface area (TPSA) is 69.1 Å². The van der Waals surface area contributed by atoms with Crippen LogP contribution in [0, 0.1) is 6.92 Å². The smallest absolute Gasteiger partial charge is 0.167 e. The fraction of sp³-hybridized carbons (Fsp3) is 0.545. The lowest BCUT2D eigenvalue weighted by Gasteiger charge is -2.04. The first-order valence-electron chi connectivity index (χ1n) is 5.66. The SMILES string of the molecule is CCc1c(C)ncn2c(CCCN)nnc12. The summed E-state index contributed by atoms with van der Waals surface area (Å²) in [6, 6.07) is 0. The van der Waals surface area contributed by atoms with Gasteiger partial charge in [0.25, 0.3) is 0 Å². The largest absolute Gasteiger partial charge is 0.330 e. The number of hydrogen-bond donors (Lipinski definition) is 1. The Balaban J connectivity index is 2.48. The Morgan fingerprint density at radius 3 is 2.88 bits per heavy atom. The molecule has 0 aliphatic rings. The summed E-state index contributed by atoms with van der Waals surface area (Å²) in [5.74, 6) is 0.947. The summed E-state index contributed by atoms with van der Waals surface area (Å²) in [6.07, 6.45) is 4.51. The maximum Gasteiger partial charge on any atom is 0.167 e. The maximum atomic E-state index is 5.50. The van der Waals surface area contributed by atoms with Gasteiger partial charge < -0.3 is 5.73 Å². The van der Waals surface area contributed by atoms with E-state index in [0.717, 1.165) is 36.4 Å². The molecular formula is C11H17N5. The number of aromatic nitrogens is 4. The standard InChI is InChI=1S/C11H17N5/c1-3-9-8(2)13-7-16-10(5-4-6-12)14-15-11(9)16/h7H,3-6,12H2,1-2H3. The second kappa shape index (κ2) is 4.57. The first kappa shape index (κ1) is 11.0. The van der Waals surface area contributed by atoms with E-state index in [0.29, 0.717) is 6.54 Å². The maximum absolute atomic E-state index is 5.50. The van der Waals surface area contributed by atoms with Crippen LogP contribution in [0.25, 0.3) is 5.65 Å². The van der Waals surface area contributed by atoms with Gasteiger partial charge in [-0.3, -0.25) is 4.40 Å². The molecule has 2 aromatic rings. The molecule has 0 radical (unpaired) electrons. The molecule has 0 unspecified atom stereocenters. The fourth-order valence-corrected chi connectivity index (χ4v) is 1.88. The molecule has 0 fully saturated rings. The average molecular weight is 219 g/mol. The van der Waals surface area contributed by atoms with Gasteiger partial charge in [-0.1, -0.05) is 6.92 Å². The second-order valence-electron chi connectivity index (χ2n) is 3.86. The number of hydrogen-bond acceptors (Lipinski definition) is 4. The zero-order valence-electron chi connectivity index (χ0n) is 9.77. The van der Waals surface area contributed by atoms with E-state index in [9.17, 15) is 0 Å². The van der Waals surface area contributed by atoms with Crippen molar-refractivity contribution in [1.82, 2.24) is 19.6 Å². The van der Waals surface area contributed by atoms with E-state index in [1.54, 1.807) is 6.33 Å². The number of fused-ring (bicyclic) bond motifs is 1. The molecule has 0 aromatic carbocycles. The minimum atomic E-state index is 0.675. The van der Waals surface area contributed by atoms with E-state index < -0.39 is 0 Å². The van der Waals surface area contributed by atoms with Crippen LogP contribution in [0.2, 0.25) is 0 Å². The highest BCUT2D eigenvalue weighted by Gasteiger charge is 2.10. The molecule has 16 heavy (non-hydrogen) atoms. The lowest BCUT2D eigenvalue weighted by Crippen LogP contribution is -2.04. The van der Waals surface area contributed by atoms with Crippen LogP contribution in [0.15, 0.2) is 6.33 Å². The van der Waals surface area contributed by atoms with Crippen molar-refractivity contribution in [1.29, 1.82) is 0 Å². The van der Waals surface area contributed by atoms with Gasteiger partial charge in [0.1, 0.15) is 12.2 Å². The minimum Gasteiger partial charge on any atom is -0.330 e. The van der Waals surface area contributed by atoms with E-state index >= 15 is 0 Å². The molecule has 0 amide bonds. The molecule has 0 bridgehead atoms. The quantitative estimate of drug-likeness (QED) is 0.829. The van der Waals surface area contributed by atoms with Gasteiger partial charge in [-0.2, -0.15) is 0 Å². The highest BCUT2D eigenvalue weighted by Crippen LogP contribution is 2.13. The summed E-state index contributed by atoms with van der Waals surface area (Å²) in [5, 5.41) is 8.44. The van der Waals surface area contributed by atoms with Crippen LogP contribution in [0.1, 0.15) is 30.4 Å². The molecule has 0 spiro atoms. The van der Waals surface area contributed by atoms with Crippen molar-refractivity contribution in [3.05, 3.63) is 23.4 Å². The Labute approximate surface area is 94.7 Å². The molecule has 0 aliphatic heterocycles. The molecule has 0 saturated heterocycles. The Hall–Kier alpha value is -1.49. The average Bonchev–Trinajstić information content (AvgIpc) is 2.69. The van der Waals surface area contributed by atoms with Gasteiger partial charge in [-0.15, -0.1) is 10.2 Å². The van der Waals surface area contributed by atoms with Crippen LogP contribution in [0.4, 0.5) is 0 Å². The van der Waals surface area contributed by atoms with E-state index in [1.807, 2.05) is 11.3 Å². The molecular weight excluding hydrogens is 202 g/mol. The normalized spacial score (nSPS) is 11.2. The molecule has 0 aliphatic carbocycles. The van der Waals surface area contributed by atoms with Gasteiger partial charge in [0.05, 0.1) is 0 Å². The summed E-state index contributed by atoms with van der Waals surface area (Å²) < 4.78 is 1.97. The first-order chi connectivity index (χ1) is 7.77. The molecule has 5 heteroatoms. The van der Waals surface area contributed by atoms with Gasteiger partial charge in [-0.05, 0) is 26.3 Å². The van der Waals surface area contributed by atoms with Crippen molar-refractivity contribution in [2.45, 2.75) is 33.1 Å². The lowest BCUT2D eigenvalue weighted by atomic mass is 10.2. The predicted molar refractivity (Wildman–Crippen MR) is 62.3 cm³/mol. The number of nitrogens with two attached hydrogens (primary N) is 1.